The maximum Gasteiger partial charge on any atom is 0.234 e. The van der Waals surface area contributed by atoms with Crippen LogP contribution in [0.1, 0.15) is 0 Å². The van der Waals surface area contributed by atoms with Crippen molar-refractivity contribution in [1.29, 1.82) is 0 Å². The van der Waals surface area contributed by atoms with Gasteiger partial charge in [-0.05, 0) is 34.7 Å². The summed E-state index contributed by atoms with van der Waals surface area (Å²) in [6.07, 6.45) is 0. The predicted octanol–water partition coefficient (Wildman–Crippen LogP) is 4.37. The number of aromatic nitrogens is 4. The van der Waals surface area contributed by atoms with Crippen molar-refractivity contribution in [2.24, 2.45) is 0 Å². The van der Waals surface area contributed by atoms with Gasteiger partial charge in [-0.25, -0.2) is 0 Å². The van der Waals surface area contributed by atoms with Gasteiger partial charge in [0, 0.05) is 11.1 Å². The molecule has 0 fully saturated rings. The fraction of sp³-hybridized carbons (Fsp3) is 0.176. The van der Waals surface area contributed by atoms with Gasteiger partial charge in [0.05, 0.1) is 35.7 Å². The number of anilines is 1. The monoisotopic (exact) mass is 473 g/mol. The Hall–Kier alpha value is -2.20. The molecule has 0 unspecified atom stereocenters. The minimum Gasteiger partial charge on any atom is -0.497 e. The standard InChI is InChI=1S/C17H14Cl3N5O3S/c1-27-10-3-4-14(28-2)13(7-10)25-17(22-23-24-25)29-8-15(26)21-16-11(19)5-9(18)6-12(16)20/h3-7H,8H2,1-2H3,(H,21,26). The largest absolute Gasteiger partial charge is 0.497 e. The molecule has 1 N–H and O–H groups in total. The van der Waals surface area contributed by atoms with E-state index in [1.807, 2.05) is 0 Å². The molecule has 0 radical (unpaired) electrons. The number of rotatable bonds is 7. The molecule has 0 saturated heterocycles. The number of benzene rings is 2. The zero-order valence-corrected chi connectivity index (χ0v) is 18.2. The number of tetrazole rings is 1. The summed E-state index contributed by atoms with van der Waals surface area (Å²) in [7, 11) is 3.09. The average Bonchev–Trinajstić information content (AvgIpc) is 3.17. The second-order valence-corrected chi connectivity index (χ2v) is 7.69. The average molecular weight is 475 g/mol. The summed E-state index contributed by atoms with van der Waals surface area (Å²) >= 11 is 19.2. The third-order valence-electron chi connectivity index (χ3n) is 3.66. The fourth-order valence-electron chi connectivity index (χ4n) is 2.35. The molecular weight excluding hydrogens is 461 g/mol. The Bertz CT molecular complexity index is 1020. The van der Waals surface area contributed by atoms with Gasteiger partial charge in [0.15, 0.2) is 0 Å². The first-order valence-corrected chi connectivity index (χ1v) is 10.1. The maximum atomic E-state index is 12.4. The molecule has 0 aliphatic heterocycles. The molecule has 0 spiro atoms. The van der Waals surface area contributed by atoms with Crippen LogP contribution in [0.5, 0.6) is 11.5 Å². The van der Waals surface area contributed by atoms with Gasteiger partial charge in [-0.15, -0.1) is 5.10 Å². The number of carbonyl (C=O) groups is 1. The van der Waals surface area contributed by atoms with Gasteiger partial charge in [0.1, 0.15) is 17.2 Å². The van der Waals surface area contributed by atoms with Crippen LogP contribution in [-0.4, -0.2) is 46.1 Å². The first kappa shape index (κ1) is 21.5. The summed E-state index contributed by atoms with van der Waals surface area (Å²) in [6.45, 7) is 0. The molecule has 29 heavy (non-hydrogen) atoms. The lowest BCUT2D eigenvalue weighted by Gasteiger charge is -2.11. The Kier molecular flexibility index (Phi) is 7.07. The third-order valence-corrected chi connectivity index (χ3v) is 5.39. The summed E-state index contributed by atoms with van der Waals surface area (Å²) in [4.78, 5) is 12.4. The second kappa shape index (κ2) is 9.53. The number of carbonyl (C=O) groups excluding carboxylic acids is 1. The Balaban J connectivity index is 1.76. The van der Waals surface area contributed by atoms with Gasteiger partial charge in [-0.2, -0.15) is 4.68 Å². The molecule has 1 aromatic heterocycles. The minimum absolute atomic E-state index is 0.0158. The number of nitrogens with one attached hydrogen (secondary N) is 1. The number of methoxy groups -OCH3 is 2. The summed E-state index contributed by atoms with van der Waals surface area (Å²) < 4.78 is 12.1. The van der Waals surface area contributed by atoms with Gasteiger partial charge in [0.2, 0.25) is 11.1 Å². The van der Waals surface area contributed by atoms with E-state index in [1.54, 1.807) is 25.3 Å². The second-order valence-electron chi connectivity index (χ2n) is 5.49. The highest BCUT2D eigenvalue weighted by Gasteiger charge is 2.17. The van der Waals surface area contributed by atoms with Gasteiger partial charge >= 0.3 is 0 Å². The van der Waals surface area contributed by atoms with Crippen molar-refractivity contribution in [3.63, 3.8) is 0 Å². The van der Waals surface area contributed by atoms with E-state index in [0.717, 1.165) is 11.8 Å². The van der Waals surface area contributed by atoms with Crippen LogP contribution in [0.15, 0.2) is 35.5 Å². The van der Waals surface area contributed by atoms with Crippen LogP contribution < -0.4 is 14.8 Å². The summed E-state index contributed by atoms with van der Waals surface area (Å²) in [5.41, 5.74) is 0.862. The number of hydrogen-bond donors (Lipinski definition) is 1. The van der Waals surface area contributed by atoms with Crippen LogP contribution in [0, 0.1) is 0 Å². The predicted molar refractivity (Wildman–Crippen MR) is 113 cm³/mol. The van der Waals surface area contributed by atoms with Crippen molar-refractivity contribution in [3.05, 3.63) is 45.4 Å². The molecule has 1 amide bonds. The van der Waals surface area contributed by atoms with E-state index in [9.17, 15) is 4.79 Å². The van der Waals surface area contributed by atoms with E-state index >= 15 is 0 Å². The third kappa shape index (κ3) is 5.05. The Labute approximate surface area is 185 Å². The SMILES string of the molecule is COc1ccc(OC)c(-n2nnnc2SCC(=O)Nc2c(Cl)cc(Cl)cc2Cl)c1. The van der Waals surface area contributed by atoms with Crippen LogP contribution in [0.3, 0.4) is 0 Å². The van der Waals surface area contributed by atoms with Crippen LogP contribution in [0.4, 0.5) is 5.69 Å². The quantitative estimate of drug-likeness (QED) is 0.508. The molecule has 12 heteroatoms. The molecule has 2 aromatic carbocycles. The van der Waals surface area contributed by atoms with Gasteiger partial charge in [0.25, 0.3) is 0 Å². The highest BCUT2D eigenvalue weighted by Crippen LogP contribution is 2.34. The summed E-state index contributed by atoms with van der Waals surface area (Å²) in [5.74, 6) is 0.830. The molecule has 0 atom stereocenters. The van der Waals surface area contributed by atoms with E-state index in [4.69, 9.17) is 44.3 Å². The number of nitrogens with zero attached hydrogens (tertiary/aromatic N) is 4. The molecule has 0 saturated carbocycles. The number of amides is 1. The Morgan fingerprint density at radius 1 is 1.14 bits per heavy atom. The van der Waals surface area contributed by atoms with Gasteiger partial charge in [-0.3, -0.25) is 4.79 Å². The van der Waals surface area contributed by atoms with Crippen molar-refractivity contribution in [2.45, 2.75) is 5.16 Å². The van der Waals surface area contributed by atoms with Crippen molar-refractivity contribution in [3.8, 4) is 17.2 Å². The first-order chi connectivity index (χ1) is 13.9. The Morgan fingerprint density at radius 2 is 1.86 bits per heavy atom. The molecular formula is C17H14Cl3N5O3S. The first-order valence-electron chi connectivity index (χ1n) is 8.01. The van der Waals surface area contributed by atoms with Gasteiger partial charge < -0.3 is 14.8 Å². The maximum absolute atomic E-state index is 12.4. The topological polar surface area (TPSA) is 91.2 Å². The smallest absolute Gasteiger partial charge is 0.234 e. The highest BCUT2D eigenvalue weighted by molar-refractivity contribution is 7.99. The number of halogens is 3. The van der Waals surface area contributed by atoms with E-state index in [-0.39, 0.29) is 27.4 Å². The number of hydrogen-bond acceptors (Lipinski definition) is 7. The van der Waals surface area contributed by atoms with Crippen LogP contribution in [0.2, 0.25) is 15.1 Å². The molecule has 0 aliphatic carbocycles. The zero-order chi connectivity index (χ0) is 21.0. The van der Waals surface area contributed by atoms with Crippen molar-refractivity contribution in [1.82, 2.24) is 20.2 Å². The van der Waals surface area contributed by atoms with Crippen LogP contribution >= 0.6 is 46.6 Å². The van der Waals surface area contributed by atoms with E-state index < -0.39 is 0 Å². The molecule has 0 bridgehead atoms. The normalized spacial score (nSPS) is 10.7. The summed E-state index contributed by atoms with van der Waals surface area (Å²) in [5, 5.41) is 15.5. The lowest BCUT2D eigenvalue weighted by Crippen LogP contribution is -2.15. The lowest BCUT2D eigenvalue weighted by molar-refractivity contribution is -0.113. The van der Waals surface area contributed by atoms with Gasteiger partial charge in [-0.1, -0.05) is 46.6 Å². The number of ether oxygens (including phenoxy) is 2. The Morgan fingerprint density at radius 3 is 2.52 bits per heavy atom. The molecule has 152 valence electrons. The lowest BCUT2D eigenvalue weighted by atomic mass is 10.3. The molecule has 0 aliphatic rings. The molecule has 8 nitrogen and oxygen atoms in total. The van der Waals surface area contributed by atoms with Crippen molar-refractivity contribution in [2.75, 3.05) is 25.3 Å². The molecule has 3 rings (SSSR count). The fourth-order valence-corrected chi connectivity index (χ4v) is 3.94. The zero-order valence-electron chi connectivity index (χ0n) is 15.1. The van der Waals surface area contributed by atoms with E-state index in [1.165, 1.54) is 23.9 Å². The van der Waals surface area contributed by atoms with E-state index in [0.29, 0.717) is 27.4 Å². The molecule has 3 aromatic rings. The van der Waals surface area contributed by atoms with Crippen molar-refractivity contribution >= 4 is 58.2 Å². The highest BCUT2D eigenvalue weighted by atomic mass is 35.5. The van der Waals surface area contributed by atoms with Crippen molar-refractivity contribution < 1.29 is 14.3 Å². The molecule has 1 heterocycles. The van der Waals surface area contributed by atoms with Crippen LogP contribution in [-0.2, 0) is 4.79 Å². The number of thioether (sulfide) groups is 1. The van der Waals surface area contributed by atoms with Crippen LogP contribution in [0.25, 0.3) is 5.69 Å². The summed E-state index contributed by atoms with van der Waals surface area (Å²) in [6, 6.07) is 8.21. The van der Waals surface area contributed by atoms with E-state index in [2.05, 4.69) is 20.8 Å². The minimum atomic E-state index is -0.340.